The molecule has 0 aliphatic rings. The van der Waals surface area contributed by atoms with Crippen LogP contribution in [0.15, 0.2) is 24.3 Å². The average molecular weight is 278 g/mol. The third kappa shape index (κ3) is 5.22. The lowest BCUT2D eigenvalue weighted by Crippen LogP contribution is -2.24. The maximum absolute atomic E-state index is 11.9. The zero-order chi connectivity index (χ0) is 15.3. The standard InChI is InChI=1S/C15H18O5/c1-15(2,3)20-13(17)8-7-12(16)10-5-4-6-11(9-10)14(18)19/h4-6,9H,7-8H2,1-3H3,(H,18,19). The second-order valence-electron chi connectivity index (χ2n) is 5.40. The summed E-state index contributed by atoms with van der Waals surface area (Å²) in [5.74, 6) is -1.81. The number of hydrogen-bond acceptors (Lipinski definition) is 4. The second kappa shape index (κ2) is 6.32. The van der Waals surface area contributed by atoms with E-state index < -0.39 is 17.5 Å². The number of carbonyl (C=O) groups excluding carboxylic acids is 2. The first-order valence-electron chi connectivity index (χ1n) is 6.27. The molecule has 0 saturated heterocycles. The smallest absolute Gasteiger partial charge is 0.335 e. The van der Waals surface area contributed by atoms with Crippen LogP contribution in [0.25, 0.3) is 0 Å². The van der Waals surface area contributed by atoms with E-state index in [4.69, 9.17) is 9.84 Å². The second-order valence-corrected chi connectivity index (χ2v) is 5.40. The molecule has 0 unspecified atom stereocenters. The third-order valence-corrected chi connectivity index (χ3v) is 2.41. The number of carboxylic acids is 1. The predicted octanol–water partition coefficient (Wildman–Crippen LogP) is 2.69. The summed E-state index contributed by atoms with van der Waals surface area (Å²) in [5, 5.41) is 8.85. The van der Waals surface area contributed by atoms with Crippen LogP contribution in [0.2, 0.25) is 0 Å². The molecule has 0 aromatic heterocycles. The summed E-state index contributed by atoms with van der Waals surface area (Å²) < 4.78 is 5.10. The highest BCUT2D eigenvalue weighted by atomic mass is 16.6. The Morgan fingerprint density at radius 1 is 1.10 bits per heavy atom. The van der Waals surface area contributed by atoms with E-state index in [1.165, 1.54) is 24.3 Å². The van der Waals surface area contributed by atoms with Gasteiger partial charge in [-0.1, -0.05) is 12.1 Å². The molecule has 0 spiro atoms. The lowest BCUT2D eigenvalue weighted by molar-refractivity contribution is -0.154. The van der Waals surface area contributed by atoms with Gasteiger partial charge in [0.1, 0.15) is 5.60 Å². The Bertz CT molecular complexity index is 525. The Morgan fingerprint density at radius 3 is 2.25 bits per heavy atom. The zero-order valence-corrected chi connectivity index (χ0v) is 11.8. The van der Waals surface area contributed by atoms with Crippen molar-refractivity contribution < 1.29 is 24.2 Å². The lowest BCUT2D eigenvalue weighted by atomic mass is 10.0. The number of esters is 1. The number of carboxylic acid groups (broad SMARTS) is 1. The number of ether oxygens (including phenoxy) is 1. The summed E-state index contributed by atoms with van der Waals surface area (Å²) in [4.78, 5) is 34.2. The van der Waals surface area contributed by atoms with Crippen molar-refractivity contribution in [3.05, 3.63) is 35.4 Å². The summed E-state index contributed by atoms with van der Waals surface area (Å²) in [5.41, 5.74) is -0.245. The number of carbonyl (C=O) groups is 3. The molecule has 1 aromatic rings. The van der Waals surface area contributed by atoms with Gasteiger partial charge in [0.2, 0.25) is 0 Å². The Kier molecular flexibility index (Phi) is 5.02. The Morgan fingerprint density at radius 2 is 1.70 bits per heavy atom. The maximum atomic E-state index is 11.9. The molecule has 0 radical (unpaired) electrons. The van der Waals surface area contributed by atoms with Crippen LogP contribution in [0.1, 0.15) is 54.3 Å². The van der Waals surface area contributed by atoms with Gasteiger partial charge in [-0.3, -0.25) is 9.59 Å². The van der Waals surface area contributed by atoms with Crippen LogP contribution >= 0.6 is 0 Å². The molecule has 1 rings (SSSR count). The molecule has 0 saturated carbocycles. The SMILES string of the molecule is CC(C)(C)OC(=O)CCC(=O)c1cccc(C(=O)O)c1. The van der Waals surface area contributed by atoms with E-state index in [1.54, 1.807) is 20.8 Å². The van der Waals surface area contributed by atoms with Crippen molar-refractivity contribution in [1.82, 2.24) is 0 Å². The van der Waals surface area contributed by atoms with E-state index >= 15 is 0 Å². The first-order chi connectivity index (χ1) is 9.19. The molecule has 0 amide bonds. The van der Waals surface area contributed by atoms with Crippen molar-refractivity contribution in [3.63, 3.8) is 0 Å². The van der Waals surface area contributed by atoms with Crippen molar-refractivity contribution in [2.45, 2.75) is 39.2 Å². The topological polar surface area (TPSA) is 80.7 Å². The van der Waals surface area contributed by atoms with Gasteiger partial charge >= 0.3 is 11.9 Å². The van der Waals surface area contributed by atoms with Gasteiger partial charge in [0.25, 0.3) is 0 Å². The van der Waals surface area contributed by atoms with Gasteiger partial charge in [-0.2, -0.15) is 0 Å². The van der Waals surface area contributed by atoms with Gasteiger partial charge in [-0.25, -0.2) is 4.79 Å². The summed E-state index contributed by atoms with van der Waals surface area (Å²) in [6.45, 7) is 5.26. The van der Waals surface area contributed by atoms with E-state index in [-0.39, 0.29) is 29.8 Å². The molecule has 108 valence electrons. The number of hydrogen-bond donors (Lipinski definition) is 1. The minimum atomic E-state index is -1.09. The summed E-state index contributed by atoms with van der Waals surface area (Å²) in [7, 11) is 0. The highest BCUT2D eigenvalue weighted by molar-refractivity contribution is 5.99. The summed E-state index contributed by atoms with van der Waals surface area (Å²) >= 11 is 0. The Balaban J connectivity index is 2.61. The molecule has 0 fully saturated rings. The fourth-order valence-electron chi connectivity index (χ4n) is 1.58. The molecule has 0 aliphatic heterocycles. The molecule has 0 atom stereocenters. The van der Waals surface area contributed by atoms with Crippen molar-refractivity contribution in [2.24, 2.45) is 0 Å². The van der Waals surface area contributed by atoms with Crippen LogP contribution < -0.4 is 0 Å². The number of Topliss-reactive ketones (excluding diaryl/α,β-unsaturated/α-hetero) is 1. The fraction of sp³-hybridized carbons (Fsp3) is 0.400. The average Bonchev–Trinajstić information content (AvgIpc) is 2.34. The van der Waals surface area contributed by atoms with E-state index in [9.17, 15) is 14.4 Å². The fourth-order valence-corrected chi connectivity index (χ4v) is 1.58. The molecule has 0 aliphatic carbocycles. The largest absolute Gasteiger partial charge is 0.478 e. The molecule has 20 heavy (non-hydrogen) atoms. The predicted molar refractivity (Wildman–Crippen MR) is 72.8 cm³/mol. The maximum Gasteiger partial charge on any atom is 0.335 e. The van der Waals surface area contributed by atoms with Crippen LogP contribution in [0.5, 0.6) is 0 Å². The molecule has 5 nitrogen and oxygen atoms in total. The van der Waals surface area contributed by atoms with Crippen LogP contribution in [-0.2, 0) is 9.53 Å². The van der Waals surface area contributed by atoms with Gasteiger partial charge in [-0.15, -0.1) is 0 Å². The van der Waals surface area contributed by atoms with Crippen molar-refractivity contribution in [3.8, 4) is 0 Å². The monoisotopic (exact) mass is 278 g/mol. The minimum Gasteiger partial charge on any atom is -0.478 e. The van der Waals surface area contributed by atoms with Crippen molar-refractivity contribution in [1.29, 1.82) is 0 Å². The first-order valence-corrected chi connectivity index (χ1v) is 6.27. The quantitative estimate of drug-likeness (QED) is 0.661. The van der Waals surface area contributed by atoms with E-state index in [0.29, 0.717) is 0 Å². The molecule has 0 heterocycles. The van der Waals surface area contributed by atoms with Crippen LogP contribution in [0.3, 0.4) is 0 Å². The van der Waals surface area contributed by atoms with Gasteiger partial charge in [0.05, 0.1) is 12.0 Å². The molecular weight excluding hydrogens is 260 g/mol. The third-order valence-electron chi connectivity index (χ3n) is 2.41. The van der Waals surface area contributed by atoms with Gasteiger partial charge in [-0.05, 0) is 32.9 Å². The van der Waals surface area contributed by atoms with Crippen molar-refractivity contribution >= 4 is 17.7 Å². The Hall–Kier alpha value is -2.17. The molecule has 1 N–H and O–H groups in total. The van der Waals surface area contributed by atoms with E-state index in [0.717, 1.165) is 0 Å². The highest BCUT2D eigenvalue weighted by Crippen LogP contribution is 2.12. The number of benzene rings is 1. The normalized spacial score (nSPS) is 10.9. The van der Waals surface area contributed by atoms with Crippen LogP contribution in [-0.4, -0.2) is 28.4 Å². The number of ketones is 1. The van der Waals surface area contributed by atoms with Crippen molar-refractivity contribution in [2.75, 3.05) is 0 Å². The van der Waals surface area contributed by atoms with Gasteiger partial charge < -0.3 is 9.84 Å². The summed E-state index contributed by atoms with van der Waals surface area (Å²) in [6, 6.07) is 5.75. The highest BCUT2D eigenvalue weighted by Gasteiger charge is 2.18. The molecule has 5 heteroatoms. The molecule has 1 aromatic carbocycles. The minimum absolute atomic E-state index is 0.00200. The number of aromatic carboxylic acids is 1. The van der Waals surface area contributed by atoms with Crippen LogP contribution in [0, 0.1) is 0 Å². The zero-order valence-electron chi connectivity index (χ0n) is 11.8. The van der Waals surface area contributed by atoms with Gasteiger partial charge in [0, 0.05) is 12.0 Å². The first kappa shape index (κ1) is 15.9. The van der Waals surface area contributed by atoms with E-state index in [2.05, 4.69) is 0 Å². The molecular formula is C15H18O5. The summed E-state index contributed by atoms with van der Waals surface area (Å²) in [6.07, 6.45) is -0.0224. The van der Waals surface area contributed by atoms with E-state index in [1.807, 2.05) is 0 Å². The lowest BCUT2D eigenvalue weighted by Gasteiger charge is -2.19. The van der Waals surface area contributed by atoms with Gasteiger partial charge in [0.15, 0.2) is 5.78 Å². The Labute approximate surface area is 117 Å². The number of rotatable bonds is 5. The molecule has 0 bridgehead atoms. The van der Waals surface area contributed by atoms with Crippen LogP contribution in [0.4, 0.5) is 0 Å².